The number of nitrogens with one attached hydrogen (secondary N) is 1. The van der Waals surface area contributed by atoms with Crippen molar-refractivity contribution in [1.82, 2.24) is 9.97 Å². The molecule has 1 heterocycles. The first-order valence-corrected chi connectivity index (χ1v) is 7.57. The number of nitrogens with zero attached hydrogens (tertiary/aromatic N) is 2. The average molecular weight is 401 g/mol. The summed E-state index contributed by atoms with van der Waals surface area (Å²) < 4.78 is 33.2. The molecule has 0 amide bonds. The van der Waals surface area contributed by atoms with Crippen LogP contribution in [-0.2, 0) is 0 Å². The van der Waals surface area contributed by atoms with Gasteiger partial charge in [0.05, 0.1) is 22.8 Å². The van der Waals surface area contributed by atoms with Crippen LogP contribution in [0.4, 0.5) is 20.3 Å². The van der Waals surface area contributed by atoms with Gasteiger partial charge in [0.2, 0.25) is 0 Å². The molecule has 0 saturated carbocycles. The van der Waals surface area contributed by atoms with Crippen molar-refractivity contribution in [2.75, 3.05) is 12.4 Å². The third kappa shape index (κ3) is 2.94. The van der Waals surface area contributed by atoms with Crippen molar-refractivity contribution < 1.29 is 13.5 Å². The van der Waals surface area contributed by atoms with Crippen LogP contribution in [0.25, 0.3) is 10.9 Å². The highest BCUT2D eigenvalue weighted by Gasteiger charge is 2.14. The summed E-state index contributed by atoms with van der Waals surface area (Å²) in [6, 6.07) is 5.80. The molecule has 0 saturated heterocycles. The van der Waals surface area contributed by atoms with Crippen LogP contribution in [0.1, 0.15) is 0 Å². The second kappa shape index (κ2) is 6.25. The summed E-state index contributed by atoms with van der Waals surface area (Å²) in [4.78, 5) is 8.26. The molecule has 0 unspecified atom stereocenters. The normalized spacial score (nSPS) is 10.8. The first-order chi connectivity index (χ1) is 11.0. The molecule has 3 rings (SSSR count). The molecule has 0 aliphatic rings. The van der Waals surface area contributed by atoms with E-state index in [1.54, 1.807) is 19.2 Å². The molecule has 8 heteroatoms. The van der Waals surface area contributed by atoms with Gasteiger partial charge >= 0.3 is 0 Å². The Bertz CT molecular complexity index is 908. The molecule has 0 spiro atoms. The zero-order valence-electron chi connectivity index (χ0n) is 11.7. The largest absolute Gasteiger partial charge is 0.495 e. The first-order valence-electron chi connectivity index (χ1n) is 6.40. The van der Waals surface area contributed by atoms with Gasteiger partial charge in [-0.25, -0.2) is 18.7 Å². The summed E-state index contributed by atoms with van der Waals surface area (Å²) in [5.74, 6) is -0.737. The number of benzene rings is 2. The number of methoxy groups -OCH3 is 1. The molecule has 23 heavy (non-hydrogen) atoms. The van der Waals surface area contributed by atoms with Crippen LogP contribution in [0.2, 0.25) is 5.02 Å². The monoisotopic (exact) mass is 399 g/mol. The van der Waals surface area contributed by atoms with Crippen LogP contribution in [0.15, 0.2) is 35.1 Å². The van der Waals surface area contributed by atoms with Crippen LogP contribution in [0.5, 0.6) is 5.75 Å². The summed E-state index contributed by atoms with van der Waals surface area (Å²) in [5.41, 5.74) is 0.625. The number of hydrogen-bond donors (Lipinski definition) is 1. The van der Waals surface area contributed by atoms with Gasteiger partial charge in [-0.1, -0.05) is 11.6 Å². The quantitative estimate of drug-likeness (QED) is 0.623. The summed E-state index contributed by atoms with van der Waals surface area (Å²) in [6.07, 6.45) is 1.33. The molecule has 0 fully saturated rings. The van der Waals surface area contributed by atoms with E-state index >= 15 is 0 Å². The molecule has 0 aliphatic heterocycles. The van der Waals surface area contributed by atoms with Crippen molar-refractivity contribution in [1.29, 1.82) is 0 Å². The molecule has 2 aromatic carbocycles. The lowest BCUT2D eigenvalue weighted by molar-refractivity contribution is 0.412. The highest BCUT2D eigenvalue weighted by Crippen LogP contribution is 2.34. The molecule has 3 aromatic rings. The van der Waals surface area contributed by atoms with Gasteiger partial charge < -0.3 is 10.1 Å². The van der Waals surface area contributed by atoms with Crippen molar-refractivity contribution in [2.45, 2.75) is 0 Å². The Morgan fingerprint density at radius 1 is 1.22 bits per heavy atom. The Balaban J connectivity index is 2.11. The van der Waals surface area contributed by atoms with E-state index in [2.05, 4.69) is 31.2 Å². The summed E-state index contributed by atoms with van der Waals surface area (Å²) in [7, 11) is 1.54. The van der Waals surface area contributed by atoms with Gasteiger partial charge in [0.25, 0.3) is 0 Å². The topological polar surface area (TPSA) is 47.0 Å². The van der Waals surface area contributed by atoms with Gasteiger partial charge in [-0.05, 0) is 34.1 Å². The Kier molecular flexibility index (Phi) is 4.32. The van der Waals surface area contributed by atoms with E-state index in [1.165, 1.54) is 12.4 Å². The second-order valence-corrected chi connectivity index (χ2v) is 5.81. The predicted molar refractivity (Wildman–Crippen MR) is 88.4 cm³/mol. The number of anilines is 2. The summed E-state index contributed by atoms with van der Waals surface area (Å²) in [6.45, 7) is 0. The number of rotatable bonds is 3. The van der Waals surface area contributed by atoms with Crippen molar-refractivity contribution in [3.05, 3.63) is 51.7 Å². The van der Waals surface area contributed by atoms with Gasteiger partial charge in [0, 0.05) is 11.5 Å². The second-order valence-electron chi connectivity index (χ2n) is 4.57. The van der Waals surface area contributed by atoms with Crippen LogP contribution in [0, 0.1) is 11.6 Å². The minimum atomic E-state index is -0.883. The standard InChI is InChI=1S/C15H9BrClF2N3O/c1-23-12-5-11-7(4-8(12)16)15(21-6-20-11)22-10-3-2-9(18)13(17)14(10)19/h2-6H,1H3,(H,20,21,22). The number of ether oxygens (including phenoxy) is 1. The van der Waals surface area contributed by atoms with E-state index in [0.717, 1.165) is 6.07 Å². The lowest BCUT2D eigenvalue weighted by Gasteiger charge is -2.11. The van der Waals surface area contributed by atoms with Crippen LogP contribution < -0.4 is 10.1 Å². The fourth-order valence-electron chi connectivity index (χ4n) is 2.06. The van der Waals surface area contributed by atoms with E-state index in [1.807, 2.05) is 0 Å². The first kappa shape index (κ1) is 15.9. The SMILES string of the molecule is COc1cc2ncnc(Nc3ccc(F)c(Cl)c3F)c2cc1Br. The van der Waals surface area contributed by atoms with E-state index in [4.69, 9.17) is 16.3 Å². The van der Waals surface area contributed by atoms with Crippen molar-refractivity contribution >= 4 is 49.9 Å². The molecule has 118 valence electrons. The average Bonchev–Trinajstić information content (AvgIpc) is 2.55. The molecule has 0 atom stereocenters. The number of fused-ring (bicyclic) bond motifs is 1. The third-order valence-electron chi connectivity index (χ3n) is 3.20. The molecule has 1 N–H and O–H groups in total. The highest BCUT2D eigenvalue weighted by molar-refractivity contribution is 9.10. The lowest BCUT2D eigenvalue weighted by atomic mass is 10.2. The zero-order valence-corrected chi connectivity index (χ0v) is 14.0. The Hall–Kier alpha value is -1.99. The van der Waals surface area contributed by atoms with Gasteiger partial charge in [-0.3, -0.25) is 0 Å². The summed E-state index contributed by atoms with van der Waals surface area (Å²) in [5, 5.41) is 2.88. The molecule has 0 aliphatic carbocycles. The zero-order chi connectivity index (χ0) is 16.6. The third-order valence-corrected chi connectivity index (χ3v) is 4.16. The minimum absolute atomic E-state index is 0.0170. The Morgan fingerprint density at radius 3 is 2.74 bits per heavy atom. The Labute approximate surface area is 143 Å². The van der Waals surface area contributed by atoms with Crippen molar-refractivity contribution in [3.8, 4) is 5.75 Å². The number of hydrogen-bond acceptors (Lipinski definition) is 4. The van der Waals surface area contributed by atoms with Crippen molar-refractivity contribution in [2.24, 2.45) is 0 Å². The maximum absolute atomic E-state index is 14.0. The molecule has 0 bridgehead atoms. The Morgan fingerprint density at radius 2 is 2.00 bits per heavy atom. The fraction of sp³-hybridized carbons (Fsp3) is 0.0667. The van der Waals surface area contributed by atoms with E-state index < -0.39 is 16.7 Å². The maximum atomic E-state index is 14.0. The van der Waals surface area contributed by atoms with Gasteiger partial charge in [-0.15, -0.1) is 0 Å². The number of aromatic nitrogens is 2. The van der Waals surface area contributed by atoms with Gasteiger partial charge in [0.1, 0.15) is 28.7 Å². The van der Waals surface area contributed by atoms with Crippen LogP contribution in [-0.4, -0.2) is 17.1 Å². The summed E-state index contributed by atoms with van der Waals surface area (Å²) >= 11 is 8.96. The van der Waals surface area contributed by atoms with Crippen LogP contribution in [0.3, 0.4) is 0 Å². The number of halogens is 4. The van der Waals surface area contributed by atoms with Gasteiger partial charge in [-0.2, -0.15) is 0 Å². The smallest absolute Gasteiger partial charge is 0.168 e. The van der Waals surface area contributed by atoms with Crippen molar-refractivity contribution in [3.63, 3.8) is 0 Å². The molecule has 0 radical (unpaired) electrons. The molecule has 4 nitrogen and oxygen atoms in total. The van der Waals surface area contributed by atoms with Crippen LogP contribution >= 0.6 is 27.5 Å². The molecular formula is C15H9BrClF2N3O. The molecule has 1 aromatic heterocycles. The van der Waals surface area contributed by atoms with E-state index in [0.29, 0.717) is 26.9 Å². The lowest BCUT2D eigenvalue weighted by Crippen LogP contribution is -2.00. The van der Waals surface area contributed by atoms with E-state index in [-0.39, 0.29) is 5.69 Å². The van der Waals surface area contributed by atoms with Gasteiger partial charge in [0.15, 0.2) is 5.82 Å². The maximum Gasteiger partial charge on any atom is 0.168 e. The minimum Gasteiger partial charge on any atom is -0.495 e. The molecular weight excluding hydrogens is 392 g/mol. The van der Waals surface area contributed by atoms with E-state index in [9.17, 15) is 8.78 Å². The highest BCUT2D eigenvalue weighted by atomic mass is 79.9. The predicted octanol–water partition coefficient (Wildman–Crippen LogP) is 5.08. The fourth-order valence-corrected chi connectivity index (χ4v) is 2.73.